The van der Waals surface area contributed by atoms with E-state index < -0.39 is 5.82 Å². The SMILES string of the molecule is Cc1cnc(OCC2CCCOC2)c(F)c1. The number of aryl methyl sites for hydroxylation is 1. The summed E-state index contributed by atoms with van der Waals surface area (Å²) in [6, 6.07) is 1.43. The molecule has 0 radical (unpaired) electrons. The number of ether oxygens (including phenoxy) is 2. The van der Waals surface area contributed by atoms with Gasteiger partial charge in [0.05, 0.1) is 13.2 Å². The summed E-state index contributed by atoms with van der Waals surface area (Å²) in [6.07, 6.45) is 3.74. The van der Waals surface area contributed by atoms with E-state index in [2.05, 4.69) is 4.98 Å². The van der Waals surface area contributed by atoms with Crippen LogP contribution in [-0.4, -0.2) is 24.8 Å². The normalized spacial score (nSPS) is 20.8. The van der Waals surface area contributed by atoms with Crippen molar-refractivity contribution < 1.29 is 13.9 Å². The zero-order valence-electron chi connectivity index (χ0n) is 9.41. The molecule has 4 heteroatoms. The lowest BCUT2D eigenvalue weighted by Crippen LogP contribution is -2.23. The van der Waals surface area contributed by atoms with Crippen molar-refractivity contribution in [3.63, 3.8) is 0 Å². The van der Waals surface area contributed by atoms with Gasteiger partial charge >= 0.3 is 0 Å². The quantitative estimate of drug-likeness (QED) is 0.791. The third kappa shape index (κ3) is 2.92. The van der Waals surface area contributed by atoms with Gasteiger partial charge in [-0.2, -0.15) is 0 Å². The van der Waals surface area contributed by atoms with Crippen LogP contribution in [0.2, 0.25) is 0 Å². The number of pyridine rings is 1. The number of hydrogen-bond donors (Lipinski definition) is 0. The molecule has 16 heavy (non-hydrogen) atoms. The average molecular weight is 225 g/mol. The van der Waals surface area contributed by atoms with Crippen molar-refractivity contribution in [2.45, 2.75) is 19.8 Å². The molecule has 88 valence electrons. The van der Waals surface area contributed by atoms with Gasteiger partial charge in [0.25, 0.3) is 0 Å². The highest BCUT2D eigenvalue weighted by Gasteiger charge is 2.15. The maximum Gasteiger partial charge on any atom is 0.250 e. The van der Waals surface area contributed by atoms with Gasteiger partial charge in [-0.3, -0.25) is 0 Å². The van der Waals surface area contributed by atoms with Crippen molar-refractivity contribution in [3.8, 4) is 5.88 Å². The molecule has 1 saturated heterocycles. The monoisotopic (exact) mass is 225 g/mol. The summed E-state index contributed by atoms with van der Waals surface area (Å²) >= 11 is 0. The Hall–Kier alpha value is -1.16. The molecule has 0 saturated carbocycles. The van der Waals surface area contributed by atoms with Gasteiger partial charge in [0, 0.05) is 18.7 Å². The second kappa shape index (κ2) is 5.25. The van der Waals surface area contributed by atoms with Crippen LogP contribution in [-0.2, 0) is 4.74 Å². The Balaban J connectivity index is 1.88. The van der Waals surface area contributed by atoms with Gasteiger partial charge in [0.2, 0.25) is 5.88 Å². The van der Waals surface area contributed by atoms with Gasteiger partial charge in [-0.15, -0.1) is 0 Å². The van der Waals surface area contributed by atoms with Crippen molar-refractivity contribution in [2.75, 3.05) is 19.8 Å². The first-order chi connectivity index (χ1) is 7.75. The van der Waals surface area contributed by atoms with Crippen molar-refractivity contribution in [2.24, 2.45) is 5.92 Å². The first-order valence-corrected chi connectivity index (χ1v) is 5.58. The second-order valence-corrected chi connectivity index (χ2v) is 4.19. The molecule has 1 aliphatic heterocycles. The molecule has 1 unspecified atom stereocenters. The minimum atomic E-state index is -0.392. The smallest absolute Gasteiger partial charge is 0.250 e. The summed E-state index contributed by atoms with van der Waals surface area (Å²) in [7, 11) is 0. The molecule has 1 aromatic heterocycles. The van der Waals surface area contributed by atoms with Gasteiger partial charge < -0.3 is 9.47 Å². The van der Waals surface area contributed by atoms with E-state index in [1.807, 2.05) is 0 Å². The summed E-state index contributed by atoms with van der Waals surface area (Å²) in [6.45, 7) is 3.81. The molecule has 0 amide bonds. The molecule has 1 aliphatic rings. The summed E-state index contributed by atoms with van der Waals surface area (Å²) in [5, 5.41) is 0. The fourth-order valence-corrected chi connectivity index (χ4v) is 1.76. The summed E-state index contributed by atoms with van der Waals surface area (Å²) in [5.41, 5.74) is 0.797. The van der Waals surface area contributed by atoms with Gasteiger partial charge in [-0.25, -0.2) is 9.37 Å². The first-order valence-electron chi connectivity index (χ1n) is 5.58. The number of rotatable bonds is 3. The molecule has 3 nitrogen and oxygen atoms in total. The van der Waals surface area contributed by atoms with Gasteiger partial charge in [-0.05, 0) is 31.4 Å². The standard InChI is InChI=1S/C12H16FNO2/c1-9-5-11(13)12(14-6-9)16-8-10-3-2-4-15-7-10/h5-6,10H,2-4,7-8H2,1H3. The van der Waals surface area contributed by atoms with Gasteiger partial charge in [0.15, 0.2) is 5.82 Å². The van der Waals surface area contributed by atoms with Crippen LogP contribution in [0.4, 0.5) is 4.39 Å². The Morgan fingerprint density at radius 3 is 3.19 bits per heavy atom. The van der Waals surface area contributed by atoms with E-state index in [0.717, 1.165) is 25.0 Å². The van der Waals surface area contributed by atoms with Crippen LogP contribution < -0.4 is 4.74 Å². The van der Waals surface area contributed by atoms with Crippen molar-refractivity contribution >= 4 is 0 Å². The maximum absolute atomic E-state index is 13.4. The molecule has 0 N–H and O–H groups in total. The third-order valence-corrected chi connectivity index (χ3v) is 2.65. The number of hydrogen-bond acceptors (Lipinski definition) is 3. The minimum absolute atomic E-state index is 0.0937. The average Bonchev–Trinajstić information content (AvgIpc) is 2.29. The molecular weight excluding hydrogens is 209 g/mol. The lowest BCUT2D eigenvalue weighted by Gasteiger charge is -2.21. The molecule has 0 aromatic carbocycles. The Morgan fingerprint density at radius 2 is 2.50 bits per heavy atom. The molecule has 0 bridgehead atoms. The van der Waals surface area contributed by atoms with Crippen LogP contribution in [0.25, 0.3) is 0 Å². The van der Waals surface area contributed by atoms with Gasteiger partial charge in [-0.1, -0.05) is 0 Å². The molecule has 1 aromatic rings. The van der Waals surface area contributed by atoms with E-state index in [-0.39, 0.29) is 5.88 Å². The minimum Gasteiger partial charge on any atom is -0.475 e. The van der Waals surface area contributed by atoms with Crippen LogP contribution in [0.3, 0.4) is 0 Å². The second-order valence-electron chi connectivity index (χ2n) is 4.19. The number of nitrogens with zero attached hydrogens (tertiary/aromatic N) is 1. The lowest BCUT2D eigenvalue weighted by atomic mass is 10.0. The van der Waals surface area contributed by atoms with Crippen molar-refractivity contribution in [3.05, 3.63) is 23.6 Å². The molecule has 1 fully saturated rings. The Labute approximate surface area is 94.6 Å². The van der Waals surface area contributed by atoms with E-state index in [1.165, 1.54) is 6.07 Å². The Morgan fingerprint density at radius 1 is 1.62 bits per heavy atom. The zero-order valence-corrected chi connectivity index (χ0v) is 9.41. The van der Waals surface area contributed by atoms with E-state index in [4.69, 9.17) is 9.47 Å². The zero-order chi connectivity index (χ0) is 11.4. The molecule has 2 rings (SSSR count). The van der Waals surface area contributed by atoms with E-state index in [9.17, 15) is 4.39 Å². The Kier molecular flexibility index (Phi) is 3.72. The van der Waals surface area contributed by atoms with E-state index in [1.54, 1.807) is 13.1 Å². The highest BCUT2D eigenvalue weighted by atomic mass is 19.1. The molecule has 0 spiro atoms. The fraction of sp³-hybridized carbons (Fsp3) is 0.583. The Bertz CT molecular complexity index is 351. The predicted molar refractivity (Wildman–Crippen MR) is 58.0 cm³/mol. The van der Waals surface area contributed by atoms with Crippen LogP contribution in [0.1, 0.15) is 18.4 Å². The van der Waals surface area contributed by atoms with Crippen LogP contribution in [0.15, 0.2) is 12.3 Å². The molecule has 1 atom stereocenters. The summed E-state index contributed by atoms with van der Waals surface area (Å²) in [5.74, 6) is 0.0594. The van der Waals surface area contributed by atoms with Crippen LogP contribution in [0, 0.1) is 18.7 Å². The largest absolute Gasteiger partial charge is 0.475 e. The fourth-order valence-electron chi connectivity index (χ4n) is 1.76. The van der Waals surface area contributed by atoms with Crippen molar-refractivity contribution in [1.82, 2.24) is 4.98 Å². The predicted octanol–water partition coefficient (Wildman–Crippen LogP) is 2.33. The van der Waals surface area contributed by atoms with E-state index in [0.29, 0.717) is 19.1 Å². The summed E-state index contributed by atoms with van der Waals surface area (Å²) in [4.78, 5) is 3.92. The highest BCUT2D eigenvalue weighted by molar-refractivity contribution is 5.18. The van der Waals surface area contributed by atoms with Crippen molar-refractivity contribution in [1.29, 1.82) is 0 Å². The third-order valence-electron chi connectivity index (χ3n) is 2.65. The topological polar surface area (TPSA) is 31.4 Å². The van der Waals surface area contributed by atoms with E-state index >= 15 is 0 Å². The number of halogens is 1. The molecular formula is C12H16FNO2. The van der Waals surface area contributed by atoms with Crippen LogP contribution in [0.5, 0.6) is 5.88 Å². The van der Waals surface area contributed by atoms with Crippen LogP contribution >= 0.6 is 0 Å². The van der Waals surface area contributed by atoms with Gasteiger partial charge in [0.1, 0.15) is 0 Å². The number of aromatic nitrogens is 1. The maximum atomic E-state index is 13.4. The first kappa shape index (κ1) is 11.3. The highest BCUT2D eigenvalue weighted by Crippen LogP contribution is 2.18. The lowest BCUT2D eigenvalue weighted by molar-refractivity contribution is 0.0337. The summed E-state index contributed by atoms with van der Waals surface area (Å²) < 4.78 is 24.1. The molecule has 2 heterocycles. The molecule has 0 aliphatic carbocycles.